The van der Waals surface area contributed by atoms with E-state index >= 15 is 0 Å². The van der Waals surface area contributed by atoms with Gasteiger partial charge in [0.1, 0.15) is 0 Å². The van der Waals surface area contributed by atoms with E-state index in [1.54, 1.807) is 26.6 Å². The highest BCUT2D eigenvalue weighted by Gasteiger charge is 2.07. The number of hydrogen-bond acceptors (Lipinski definition) is 4. The summed E-state index contributed by atoms with van der Waals surface area (Å²) >= 11 is 0. The van der Waals surface area contributed by atoms with Crippen LogP contribution < -0.4 is 15.4 Å². The first kappa shape index (κ1) is 18.4. The van der Waals surface area contributed by atoms with Crippen LogP contribution in [0, 0.1) is 0 Å². The number of methoxy groups -OCH3 is 1. The van der Waals surface area contributed by atoms with Crippen LogP contribution >= 0.6 is 0 Å². The van der Waals surface area contributed by atoms with Gasteiger partial charge < -0.3 is 15.4 Å². The van der Waals surface area contributed by atoms with Gasteiger partial charge in [-0.25, -0.2) is 4.98 Å². The van der Waals surface area contributed by atoms with Crippen molar-refractivity contribution in [3.8, 4) is 5.88 Å². The lowest BCUT2D eigenvalue weighted by atomic mass is 10.1. The van der Waals surface area contributed by atoms with E-state index in [0.29, 0.717) is 19.0 Å². The summed E-state index contributed by atoms with van der Waals surface area (Å²) < 4.78 is 7.20. The maximum absolute atomic E-state index is 5.29. The van der Waals surface area contributed by atoms with Crippen LogP contribution in [0.15, 0.2) is 66.0 Å². The summed E-state index contributed by atoms with van der Waals surface area (Å²) in [6.45, 7) is 1.98. The van der Waals surface area contributed by atoms with Crippen molar-refractivity contribution < 1.29 is 4.74 Å². The molecule has 0 saturated heterocycles. The maximum atomic E-state index is 5.29. The molecule has 0 aliphatic carbocycles. The van der Waals surface area contributed by atoms with E-state index in [0.717, 1.165) is 18.1 Å². The first-order valence-electron chi connectivity index (χ1n) is 8.76. The van der Waals surface area contributed by atoms with Gasteiger partial charge in [-0.3, -0.25) is 9.67 Å². The van der Waals surface area contributed by atoms with E-state index in [4.69, 9.17) is 4.74 Å². The summed E-state index contributed by atoms with van der Waals surface area (Å²) in [5, 5.41) is 10.9. The molecule has 0 saturated carbocycles. The summed E-state index contributed by atoms with van der Waals surface area (Å²) in [4.78, 5) is 8.51. The molecule has 0 radical (unpaired) electrons. The van der Waals surface area contributed by atoms with Crippen LogP contribution in [0.25, 0.3) is 0 Å². The van der Waals surface area contributed by atoms with Crippen LogP contribution in [0.3, 0.4) is 0 Å². The van der Waals surface area contributed by atoms with Gasteiger partial charge in [0.2, 0.25) is 5.88 Å². The minimum atomic E-state index is 0.575. The lowest BCUT2D eigenvalue weighted by molar-refractivity contribution is 0.392. The van der Waals surface area contributed by atoms with Crippen molar-refractivity contribution in [2.24, 2.45) is 4.99 Å². The van der Waals surface area contributed by atoms with Crippen LogP contribution in [-0.4, -0.2) is 34.9 Å². The third-order valence-electron chi connectivity index (χ3n) is 4.17. The molecule has 27 heavy (non-hydrogen) atoms. The molecule has 0 fully saturated rings. The van der Waals surface area contributed by atoms with Crippen molar-refractivity contribution >= 4 is 5.96 Å². The monoisotopic (exact) mass is 364 g/mol. The Bertz CT molecular complexity index is 876. The summed E-state index contributed by atoms with van der Waals surface area (Å²) in [5.41, 5.74) is 3.40. The molecule has 140 valence electrons. The third kappa shape index (κ3) is 5.07. The average Bonchev–Trinajstić information content (AvgIpc) is 3.22. The predicted molar refractivity (Wildman–Crippen MR) is 106 cm³/mol. The minimum Gasteiger partial charge on any atom is -0.481 e. The smallest absolute Gasteiger partial charge is 0.218 e. The number of hydrogen-bond donors (Lipinski definition) is 2. The number of nitrogens with one attached hydrogen (secondary N) is 2. The molecule has 0 unspecified atom stereocenters. The van der Waals surface area contributed by atoms with Gasteiger partial charge in [-0.15, -0.1) is 0 Å². The van der Waals surface area contributed by atoms with Crippen LogP contribution in [0.4, 0.5) is 0 Å². The van der Waals surface area contributed by atoms with E-state index in [1.165, 1.54) is 11.1 Å². The number of aliphatic imine (C=N–C) groups is 1. The highest BCUT2D eigenvalue weighted by atomic mass is 16.5. The maximum Gasteiger partial charge on any atom is 0.218 e. The molecule has 0 atom stereocenters. The Hall–Kier alpha value is -3.35. The zero-order chi connectivity index (χ0) is 18.9. The number of ether oxygens (including phenoxy) is 1. The highest BCUT2D eigenvalue weighted by Crippen LogP contribution is 2.13. The Morgan fingerprint density at radius 3 is 2.44 bits per heavy atom. The van der Waals surface area contributed by atoms with Gasteiger partial charge >= 0.3 is 0 Å². The molecule has 0 bridgehead atoms. The fraction of sp³-hybridized carbons (Fsp3) is 0.250. The Balaban J connectivity index is 1.60. The lowest BCUT2D eigenvalue weighted by Crippen LogP contribution is -2.36. The van der Waals surface area contributed by atoms with Gasteiger partial charge in [0.05, 0.1) is 13.7 Å². The van der Waals surface area contributed by atoms with E-state index in [9.17, 15) is 0 Å². The van der Waals surface area contributed by atoms with Crippen molar-refractivity contribution in [3.05, 3.63) is 77.7 Å². The van der Waals surface area contributed by atoms with Crippen LogP contribution in [0.1, 0.15) is 16.7 Å². The van der Waals surface area contributed by atoms with Gasteiger partial charge in [-0.1, -0.05) is 30.3 Å². The molecule has 2 heterocycles. The number of aromatic nitrogens is 3. The molecule has 0 aliphatic heterocycles. The molecule has 2 aromatic heterocycles. The van der Waals surface area contributed by atoms with Crippen molar-refractivity contribution in [1.82, 2.24) is 25.4 Å². The minimum absolute atomic E-state index is 0.575. The first-order chi connectivity index (χ1) is 13.3. The fourth-order valence-corrected chi connectivity index (χ4v) is 2.77. The Morgan fingerprint density at radius 2 is 1.74 bits per heavy atom. The number of guanidine groups is 1. The standard InChI is InChI=1S/C20H24N6O/c1-21-20(24-14-17-9-5-10-22-19(17)27-2)23-13-16-7-3-4-8-18(16)15-26-12-6-11-25-26/h3-12H,13-15H2,1-2H3,(H2,21,23,24). The topological polar surface area (TPSA) is 76.4 Å². The van der Waals surface area contributed by atoms with Gasteiger partial charge in [-0.2, -0.15) is 5.10 Å². The number of rotatable bonds is 7. The zero-order valence-corrected chi connectivity index (χ0v) is 15.6. The van der Waals surface area contributed by atoms with Crippen LogP contribution in [0.5, 0.6) is 5.88 Å². The van der Waals surface area contributed by atoms with E-state index in [2.05, 4.69) is 37.8 Å². The van der Waals surface area contributed by atoms with Crippen LogP contribution in [0.2, 0.25) is 0 Å². The fourth-order valence-electron chi connectivity index (χ4n) is 2.77. The van der Waals surface area contributed by atoms with Crippen molar-refractivity contribution in [2.75, 3.05) is 14.2 Å². The zero-order valence-electron chi connectivity index (χ0n) is 15.6. The van der Waals surface area contributed by atoms with E-state index in [-0.39, 0.29) is 0 Å². The second-order valence-corrected chi connectivity index (χ2v) is 5.92. The lowest BCUT2D eigenvalue weighted by Gasteiger charge is -2.15. The van der Waals surface area contributed by atoms with E-state index < -0.39 is 0 Å². The number of pyridine rings is 1. The van der Waals surface area contributed by atoms with Gasteiger partial charge in [-0.05, 0) is 23.3 Å². The molecule has 0 spiro atoms. The van der Waals surface area contributed by atoms with Crippen LogP contribution in [-0.2, 0) is 19.6 Å². The summed E-state index contributed by atoms with van der Waals surface area (Å²) in [6.07, 6.45) is 5.47. The van der Waals surface area contributed by atoms with Crippen molar-refractivity contribution in [1.29, 1.82) is 0 Å². The highest BCUT2D eigenvalue weighted by molar-refractivity contribution is 5.79. The molecule has 0 aliphatic rings. The van der Waals surface area contributed by atoms with Crippen molar-refractivity contribution in [3.63, 3.8) is 0 Å². The van der Waals surface area contributed by atoms with Gasteiger partial charge in [0.15, 0.2) is 5.96 Å². The molecular formula is C20H24N6O. The van der Waals surface area contributed by atoms with Gasteiger partial charge in [0.25, 0.3) is 0 Å². The SMILES string of the molecule is CN=C(NCc1ccccc1Cn1cccn1)NCc1cccnc1OC. The summed E-state index contributed by atoms with van der Waals surface area (Å²) in [7, 11) is 3.38. The quantitative estimate of drug-likeness (QED) is 0.496. The Labute approximate surface area is 159 Å². The van der Waals surface area contributed by atoms with E-state index in [1.807, 2.05) is 41.2 Å². The molecule has 7 nitrogen and oxygen atoms in total. The average molecular weight is 364 g/mol. The van der Waals surface area contributed by atoms with Gasteiger partial charge in [0, 0.05) is 44.3 Å². The Kier molecular flexibility index (Phi) is 6.40. The molecule has 7 heteroatoms. The second-order valence-electron chi connectivity index (χ2n) is 5.92. The predicted octanol–water partition coefficient (Wildman–Crippen LogP) is 2.20. The molecule has 1 aromatic carbocycles. The molecular weight excluding hydrogens is 340 g/mol. The molecule has 3 rings (SSSR count). The molecule has 0 amide bonds. The normalized spacial score (nSPS) is 11.3. The summed E-state index contributed by atoms with van der Waals surface area (Å²) in [5.74, 6) is 1.33. The molecule has 3 aromatic rings. The first-order valence-corrected chi connectivity index (χ1v) is 8.76. The third-order valence-corrected chi connectivity index (χ3v) is 4.17. The Morgan fingerprint density at radius 1 is 1.00 bits per heavy atom. The summed E-state index contributed by atoms with van der Waals surface area (Å²) in [6, 6.07) is 14.1. The number of nitrogens with zero attached hydrogens (tertiary/aromatic N) is 4. The number of benzene rings is 1. The largest absolute Gasteiger partial charge is 0.481 e. The second kappa shape index (κ2) is 9.38. The van der Waals surface area contributed by atoms with Crippen molar-refractivity contribution in [2.45, 2.75) is 19.6 Å². The molecule has 2 N–H and O–H groups in total.